The van der Waals surface area contributed by atoms with Crippen LogP contribution in [0.15, 0.2) is 53.3 Å². The van der Waals surface area contributed by atoms with Crippen molar-refractivity contribution in [2.75, 3.05) is 20.1 Å². The molecule has 0 atom stereocenters. The molecule has 1 heterocycles. The van der Waals surface area contributed by atoms with Crippen molar-refractivity contribution >= 4 is 28.3 Å². The Morgan fingerprint density at radius 1 is 1.10 bits per heavy atom. The lowest BCUT2D eigenvalue weighted by molar-refractivity contribution is -0.137. The van der Waals surface area contributed by atoms with Crippen LogP contribution in [0.4, 0.5) is 0 Å². The second kappa shape index (κ2) is 9.67. The highest BCUT2D eigenvalue weighted by molar-refractivity contribution is 6.30. The van der Waals surface area contributed by atoms with Gasteiger partial charge in [-0.15, -0.1) is 0 Å². The average Bonchev–Trinajstić information content (AvgIpc) is 2.69. The van der Waals surface area contributed by atoms with E-state index in [4.69, 9.17) is 16.7 Å². The van der Waals surface area contributed by atoms with Crippen LogP contribution in [-0.2, 0) is 17.8 Å². The van der Waals surface area contributed by atoms with Crippen LogP contribution >= 0.6 is 11.6 Å². The number of carboxylic acids is 1. The summed E-state index contributed by atoms with van der Waals surface area (Å²) in [5.41, 5.74) is 1.83. The summed E-state index contributed by atoms with van der Waals surface area (Å²) in [5, 5.41) is 15.7. The lowest BCUT2D eigenvalue weighted by Crippen LogP contribution is -2.28. The van der Waals surface area contributed by atoms with Gasteiger partial charge in [0.2, 0.25) is 0 Å². The van der Waals surface area contributed by atoms with Crippen molar-refractivity contribution in [1.29, 1.82) is 0 Å². The largest absolute Gasteiger partial charge is 0.480 e. The third-order valence-electron chi connectivity index (χ3n) is 4.79. The van der Waals surface area contributed by atoms with Crippen molar-refractivity contribution < 1.29 is 9.90 Å². The van der Waals surface area contributed by atoms with Gasteiger partial charge in [0, 0.05) is 23.4 Å². The first-order valence-electron chi connectivity index (χ1n) is 9.57. The molecule has 0 saturated heterocycles. The number of nitrogens with zero attached hydrogens (tertiary/aromatic N) is 3. The van der Waals surface area contributed by atoms with E-state index in [0.29, 0.717) is 29.9 Å². The number of halogens is 1. The molecule has 1 aromatic heterocycles. The van der Waals surface area contributed by atoms with Gasteiger partial charge in [0.25, 0.3) is 5.56 Å². The first-order chi connectivity index (χ1) is 13.9. The SMILES string of the molecule is CN(CCCCn1nc(Cc2ccc(Cl)cc2)c2ccccc2c1=O)CC(=O)O. The highest BCUT2D eigenvalue weighted by Gasteiger charge is 2.11. The summed E-state index contributed by atoms with van der Waals surface area (Å²) >= 11 is 5.98. The number of aromatic nitrogens is 2. The Morgan fingerprint density at radius 2 is 1.79 bits per heavy atom. The van der Waals surface area contributed by atoms with Crippen LogP contribution in [0.3, 0.4) is 0 Å². The van der Waals surface area contributed by atoms with Crippen molar-refractivity contribution in [1.82, 2.24) is 14.7 Å². The van der Waals surface area contributed by atoms with E-state index in [-0.39, 0.29) is 12.1 Å². The Kier molecular flexibility index (Phi) is 7.01. The maximum atomic E-state index is 12.8. The van der Waals surface area contributed by atoms with Gasteiger partial charge >= 0.3 is 5.97 Å². The quantitative estimate of drug-likeness (QED) is 0.544. The third-order valence-corrected chi connectivity index (χ3v) is 5.05. The van der Waals surface area contributed by atoms with Crippen LogP contribution in [0.5, 0.6) is 0 Å². The summed E-state index contributed by atoms with van der Waals surface area (Å²) < 4.78 is 1.53. The van der Waals surface area contributed by atoms with Crippen molar-refractivity contribution in [3.63, 3.8) is 0 Å². The fourth-order valence-corrected chi connectivity index (χ4v) is 3.46. The van der Waals surface area contributed by atoms with Gasteiger partial charge in [-0.25, -0.2) is 4.68 Å². The van der Waals surface area contributed by atoms with Crippen LogP contribution in [0, 0.1) is 0 Å². The van der Waals surface area contributed by atoms with Gasteiger partial charge in [0.1, 0.15) is 0 Å². The molecular weight excluding hydrogens is 390 g/mol. The zero-order chi connectivity index (χ0) is 20.8. The smallest absolute Gasteiger partial charge is 0.317 e. The molecule has 0 spiro atoms. The van der Waals surface area contributed by atoms with E-state index in [0.717, 1.165) is 29.5 Å². The summed E-state index contributed by atoms with van der Waals surface area (Å²) in [6.45, 7) is 1.17. The molecule has 0 amide bonds. The molecule has 0 aliphatic rings. The van der Waals surface area contributed by atoms with E-state index in [2.05, 4.69) is 5.10 Å². The molecule has 3 aromatic rings. The lowest BCUT2D eigenvalue weighted by Gasteiger charge is -2.14. The van der Waals surface area contributed by atoms with E-state index < -0.39 is 5.97 Å². The second-order valence-corrected chi connectivity index (χ2v) is 7.60. The number of carbonyl (C=O) groups is 1. The first-order valence-corrected chi connectivity index (χ1v) is 9.95. The normalized spacial score (nSPS) is 11.3. The molecular formula is C22H24ClN3O3. The first kappa shape index (κ1) is 21.0. The molecule has 0 aliphatic carbocycles. The monoisotopic (exact) mass is 413 g/mol. The van der Waals surface area contributed by atoms with Crippen molar-refractivity contribution in [3.05, 3.63) is 75.2 Å². The van der Waals surface area contributed by atoms with E-state index in [1.807, 2.05) is 48.5 Å². The summed E-state index contributed by atoms with van der Waals surface area (Å²) in [5.74, 6) is -0.841. The molecule has 0 bridgehead atoms. The predicted molar refractivity (Wildman–Crippen MR) is 115 cm³/mol. The van der Waals surface area contributed by atoms with Gasteiger partial charge in [-0.05, 0) is 50.2 Å². The zero-order valence-corrected chi connectivity index (χ0v) is 17.1. The Morgan fingerprint density at radius 3 is 2.48 bits per heavy atom. The Bertz CT molecular complexity index is 1050. The van der Waals surface area contributed by atoms with Gasteiger partial charge < -0.3 is 5.11 Å². The number of fused-ring (bicyclic) bond motifs is 1. The predicted octanol–water partition coefficient (Wildman–Crippen LogP) is 3.44. The topological polar surface area (TPSA) is 75.4 Å². The van der Waals surface area contributed by atoms with Gasteiger partial charge in [-0.2, -0.15) is 5.10 Å². The van der Waals surface area contributed by atoms with E-state index in [1.54, 1.807) is 11.9 Å². The molecule has 0 saturated carbocycles. The molecule has 0 unspecified atom stereocenters. The summed E-state index contributed by atoms with van der Waals surface area (Å²) in [7, 11) is 1.78. The van der Waals surface area contributed by atoms with Crippen molar-refractivity contribution in [2.45, 2.75) is 25.8 Å². The highest BCUT2D eigenvalue weighted by Crippen LogP contribution is 2.18. The molecule has 0 radical (unpaired) electrons. The third kappa shape index (κ3) is 5.65. The Hall–Kier alpha value is -2.70. The lowest BCUT2D eigenvalue weighted by atomic mass is 10.0. The Balaban J connectivity index is 1.78. The number of carboxylic acid groups (broad SMARTS) is 1. The number of hydrogen-bond donors (Lipinski definition) is 1. The Labute approximate surface area is 174 Å². The van der Waals surface area contributed by atoms with Gasteiger partial charge in [0.15, 0.2) is 0 Å². The maximum absolute atomic E-state index is 12.8. The van der Waals surface area contributed by atoms with E-state index in [9.17, 15) is 9.59 Å². The number of aryl methyl sites for hydroxylation is 1. The number of benzene rings is 2. The average molecular weight is 414 g/mol. The molecule has 2 aromatic carbocycles. The summed E-state index contributed by atoms with van der Waals surface area (Å²) in [6, 6.07) is 15.2. The fourth-order valence-electron chi connectivity index (χ4n) is 3.34. The number of likely N-dealkylation sites (N-methyl/N-ethyl adjacent to an activating group) is 1. The second-order valence-electron chi connectivity index (χ2n) is 7.16. The number of rotatable bonds is 9. The van der Waals surface area contributed by atoms with Crippen LogP contribution in [0.2, 0.25) is 5.02 Å². The van der Waals surface area contributed by atoms with Crippen molar-refractivity contribution in [2.24, 2.45) is 0 Å². The van der Waals surface area contributed by atoms with Crippen LogP contribution in [0.25, 0.3) is 10.8 Å². The minimum atomic E-state index is -0.841. The van der Waals surface area contributed by atoms with Crippen LogP contribution in [-0.4, -0.2) is 45.9 Å². The molecule has 1 N–H and O–H groups in total. The molecule has 0 aliphatic heterocycles. The minimum absolute atomic E-state index is 0.0133. The molecule has 29 heavy (non-hydrogen) atoms. The van der Waals surface area contributed by atoms with Crippen molar-refractivity contribution in [3.8, 4) is 0 Å². The van der Waals surface area contributed by atoms with E-state index >= 15 is 0 Å². The summed E-state index contributed by atoms with van der Waals surface area (Å²) in [6.07, 6.45) is 2.14. The van der Waals surface area contributed by atoms with E-state index in [1.165, 1.54) is 4.68 Å². The van der Waals surface area contributed by atoms with Gasteiger partial charge in [0.05, 0.1) is 17.6 Å². The maximum Gasteiger partial charge on any atom is 0.317 e. The molecule has 152 valence electrons. The van der Waals surface area contributed by atoms with Gasteiger partial charge in [-0.1, -0.05) is 41.9 Å². The minimum Gasteiger partial charge on any atom is -0.480 e. The number of aliphatic carboxylic acids is 1. The van der Waals surface area contributed by atoms with Crippen LogP contribution < -0.4 is 5.56 Å². The standard InChI is InChI=1S/C22H24ClN3O3/c1-25(15-21(27)28)12-4-5-13-26-22(29)19-7-3-2-6-18(19)20(24-26)14-16-8-10-17(23)11-9-16/h2-3,6-11H,4-5,12-15H2,1H3,(H,27,28). The van der Waals surface area contributed by atoms with Crippen LogP contribution in [0.1, 0.15) is 24.1 Å². The highest BCUT2D eigenvalue weighted by atomic mass is 35.5. The fraction of sp³-hybridized carbons (Fsp3) is 0.318. The summed E-state index contributed by atoms with van der Waals surface area (Å²) in [4.78, 5) is 25.3. The molecule has 7 heteroatoms. The van der Waals surface area contributed by atoms with Gasteiger partial charge in [-0.3, -0.25) is 14.5 Å². The number of unbranched alkanes of at least 4 members (excludes halogenated alkanes) is 1. The number of hydrogen-bond acceptors (Lipinski definition) is 4. The molecule has 0 fully saturated rings. The molecule has 3 rings (SSSR count). The molecule has 6 nitrogen and oxygen atoms in total. The zero-order valence-electron chi connectivity index (χ0n) is 16.3.